The summed E-state index contributed by atoms with van der Waals surface area (Å²) >= 11 is 0. The molecule has 0 fully saturated rings. The lowest BCUT2D eigenvalue weighted by Gasteiger charge is -2.09. The van der Waals surface area contributed by atoms with Gasteiger partial charge in [0.15, 0.2) is 12.1 Å². The first-order valence-corrected chi connectivity index (χ1v) is 5.35. The topological polar surface area (TPSA) is 61.3 Å². The molecule has 5 nitrogen and oxygen atoms in total. The van der Waals surface area contributed by atoms with Gasteiger partial charge in [0.05, 0.1) is 12.7 Å². The van der Waals surface area contributed by atoms with Gasteiger partial charge in [-0.3, -0.25) is 4.79 Å². The highest BCUT2D eigenvalue weighted by Crippen LogP contribution is 2.24. The van der Waals surface area contributed by atoms with Crippen LogP contribution in [0, 0.1) is 0 Å². The van der Waals surface area contributed by atoms with Crippen LogP contribution in [-0.4, -0.2) is 23.4 Å². The van der Waals surface area contributed by atoms with Crippen molar-refractivity contribution >= 4 is 6.29 Å². The highest BCUT2D eigenvalue weighted by atomic mass is 16.5. The van der Waals surface area contributed by atoms with Crippen LogP contribution < -0.4 is 9.47 Å². The molecule has 0 saturated heterocycles. The highest BCUT2D eigenvalue weighted by molar-refractivity contribution is 5.79. The van der Waals surface area contributed by atoms with E-state index in [0.717, 1.165) is 6.29 Å². The minimum Gasteiger partial charge on any atom is -0.497 e. The summed E-state index contributed by atoms with van der Waals surface area (Å²) in [6.07, 6.45) is 4.01. The molecule has 0 aliphatic heterocycles. The van der Waals surface area contributed by atoms with Crippen molar-refractivity contribution in [3.8, 4) is 11.5 Å². The van der Waals surface area contributed by atoms with Crippen molar-refractivity contribution < 1.29 is 14.3 Å². The van der Waals surface area contributed by atoms with E-state index in [1.807, 2.05) is 0 Å². The number of ether oxygens (including phenoxy) is 2. The lowest BCUT2D eigenvalue weighted by atomic mass is 10.2. The molecule has 0 aliphatic rings. The van der Waals surface area contributed by atoms with Crippen LogP contribution in [-0.2, 0) is 6.61 Å². The molecule has 0 saturated carbocycles. The SMILES string of the molecule is COc1ccc(C=O)c(OCc2ncccn2)c1. The van der Waals surface area contributed by atoms with Gasteiger partial charge in [-0.1, -0.05) is 0 Å². The van der Waals surface area contributed by atoms with E-state index in [1.165, 1.54) is 0 Å². The number of methoxy groups -OCH3 is 1. The lowest BCUT2D eigenvalue weighted by Crippen LogP contribution is -2.02. The third-order valence-corrected chi connectivity index (χ3v) is 2.32. The zero-order valence-corrected chi connectivity index (χ0v) is 9.87. The van der Waals surface area contributed by atoms with Crippen LogP contribution >= 0.6 is 0 Å². The molecule has 92 valence electrons. The van der Waals surface area contributed by atoms with Crippen LogP contribution in [0.25, 0.3) is 0 Å². The first-order chi connectivity index (χ1) is 8.83. The normalized spacial score (nSPS) is 9.83. The van der Waals surface area contributed by atoms with Gasteiger partial charge in [0, 0.05) is 18.5 Å². The number of carbonyl (C=O) groups is 1. The minimum atomic E-state index is 0.203. The van der Waals surface area contributed by atoms with Gasteiger partial charge in [-0.2, -0.15) is 0 Å². The maximum absolute atomic E-state index is 10.9. The fourth-order valence-electron chi connectivity index (χ4n) is 1.41. The van der Waals surface area contributed by atoms with Crippen molar-refractivity contribution in [2.45, 2.75) is 6.61 Å². The first kappa shape index (κ1) is 12.0. The van der Waals surface area contributed by atoms with Crippen molar-refractivity contribution in [3.05, 3.63) is 48.0 Å². The molecule has 5 heteroatoms. The number of benzene rings is 1. The summed E-state index contributed by atoms with van der Waals surface area (Å²) in [7, 11) is 1.56. The zero-order valence-electron chi connectivity index (χ0n) is 9.87. The van der Waals surface area contributed by atoms with Crippen molar-refractivity contribution in [2.75, 3.05) is 7.11 Å². The Morgan fingerprint density at radius 3 is 2.72 bits per heavy atom. The fourth-order valence-corrected chi connectivity index (χ4v) is 1.41. The minimum absolute atomic E-state index is 0.203. The third kappa shape index (κ3) is 2.82. The Morgan fingerprint density at radius 1 is 1.28 bits per heavy atom. The van der Waals surface area contributed by atoms with Crippen LogP contribution in [0.15, 0.2) is 36.7 Å². The molecule has 0 spiro atoms. The Balaban J connectivity index is 2.15. The van der Waals surface area contributed by atoms with E-state index in [1.54, 1.807) is 43.8 Å². The molecule has 0 unspecified atom stereocenters. The maximum atomic E-state index is 10.9. The van der Waals surface area contributed by atoms with E-state index in [-0.39, 0.29) is 6.61 Å². The highest BCUT2D eigenvalue weighted by Gasteiger charge is 2.06. The van der Waals surface area contributed by atoms with Gasteiger partial charge >= 0.3 is 0 Å². The number of nitrogens with zero attached hydrogens (tertiary/aromatic N) is 2. The predicted octanol–water partition coefficient (Wildman–Crippen LogP) is 1.88. The second-order valence-corrected chi connectivity index (χ2v) is 3.48. The molecule has 2 aromatic rings. The molecule has 0 bridgehead atoms. The second-order valence-electron chi connectivity index (χ2n) is 3.48. The van der Waals surface area contributed by atoms with Crippen LogP contribution in [0.3, 0.4) is 0 Å². The van der Waals surface area contributed by atoms with Crippen LogP contribution in [0.2, 0.25) is 0 Å². The number of hydrogen-bond donors (Lipinski definition) is 0. The van der Waals surface area contributed by atoms with Gasteiger partial charge in [0.25, 0.3) is 0 Å². The van der Waals surface area contributed by atoms with E-state index >= 15 is 0 Å². The molecule has 0 radical (unpaired) electrons. The molecule has 0 N–H and O–H groups in total. The number of aldehydes is 1. The lowest BCUT2D eigenvalue weighted by molar-refractivity contribution is 0.111. The summed E-state index contributed by atoms with van der Waals surface area (Å²) in [6.45, 7) is 0.203. The number of aromatic nitrogens is 2. The van der Waals surface area contributed by atoms with Crippen molar-refractivity contribution in [1.82, 2.24) is 9.97 Å². The van der Waals surface area contributed by atoms with Crippen LogP contribution in [0.4, 0.5) is 0 Å². The Labute approximate surface area is 104 Å². The Bertz CT molecular complexity index is 529. The average Bonchev–Trinajstić information content (AvgIpc) is 2.45. The quantitative estimate of drug-likeness (QED) is 0.751. The predicted molar refractivity (Wildman–Crippen MR) is 64.7 cm³/mol. The largest absolute Gasteiger partial charge is 0.497 e. The van der Waals surface area contributed by atoms with Gasteiger partial charge in [-0.05, 0) is 18.2 Å². The van der Waals surface area contributed by atoms with Gasteiger partial charge < -0.3 is 9.47 Å². The molecule has 18 heavy (non-hydrogen) atoms. The summed E-state index contributed by atoms with van der Waals surface area (Å²) < 4.78 is 10.6. The maximum Gasteiger partial charge on any atom is 0.166 e. The van der Waals surface area contributed by atoms with Crippen LogP contribution in [0.1, 0.15) is 16.2 Å². The van der Waals surface area contributed by atoms with E-state index in [4.69, 9.17) is 9.47 Å². The summed E-state index contributed by atoms with van der Waals surface area (Å²) in [6, 6.07) is 6.74. The zero-order chi connectivity index (χ0) is 12.8. The van der Waals surface area contributed by atoms with E-state index in [0.29, 0.717) is 22.9 Å². The fraction of sp³-hybridized carbons (Fsp3) is 0.154. The van der Waals surface area contributed by atoms with Crippen molar-refractivity contribution in [3.63, 3.8) is 0 Å². The van der Waals surface area contributed by atoms with Crippen molar-refractivity contribution in [1.29, 1.82) is 0 Å². The van der Waals surface area contributed by atoms with Crippen LogP contribution in [0.5, 0.6) is 11.5 Å². The standard InChI is InChI=1S/C13H12N2O3/c1-17-11-4-3-10(8-16)12(7-11)18-9-13-14-5-2-6-15-13/h2-8H,9H2,1H3. The number of carbonyl (C=O) groups excluding carboxylic acids is 1. The van der Waals surface area contributed by atoms with Gasteiger partial charge in [-0.15, -0.1) is 0 Å². The summed E-state index contributed by atoms with van der Waals surface area (Å²) in [5.74, 6) is 1.64. The molecule has 2 rings (SSSR count). The molecule has 1 heterocycles. The molecule has 0 aliphatic carbocycles. The first-order valence-electron chi connectivity index (χ1n) is 5.35. The Kier molecular flexibility index (Phi) is 3.86. The molecular formula is C13H12N2O3. The molecule has 0 amide bonds. The van der Waals surface area contributed by atoms with E-state index in [9.17, 15) is 4.79 Å². The van der Waals surface area contributed by atoms with Gasteiger partial charge in [0.2, 0.25) is 0 Å². The summed E-state index contributed by atoms with van der Waals surface area (Å²) in [4.78, 5) is 19.0. The van der Waals surface area contributed by atoms with E-state index in [2.05, 4.69) is 9.97 Å². The number of hydrogen-bond acceptors (Lipinski definition) is 5. The molecule has 1 aromatic heterocycles. The molecule has 0 atom stereocenters. The molecule has 1 aromatic carbocycles. The number of rotatable bonds is 5. The second kappa shape index (κ2) is 5.77. The summed E-state index contributed by atoms with van der Waals surface area (Å²) in [5, 5.41) is 0. The van der Waals surface area contributed by atoms with E-state index < -0.39 is 0 Å². The van der Waals surface area contributed by atoms with Gasteiger partial charge in [-0.25, -0.2) is 9.97 Å². The smallest absolute Gasteiger partial charge is 0.166 e. The Hall–Kier alpha value is -2.43. The summed E-state index contributed by atoms with van der Waals surface area (Å²) in [5.41, 5.74) is 0.465. The monoisotopic (exact) mass is 244 g/mol. The van der Waals surface area contributed by atoms with Crippen molar-refractivity contribution in [2.24, 2.45) is 0 Å². The van der Waals surface area contributed by atoms with Gasteiger partial charge in [0.1, 0.15) is 18.1 Å². The molecular weight excluding hydrogens is 232 g/mol. The third-order valence-electron chi connectivity index (χ3n) is 2.32. The Morgan fingerprint density at radius 2 is 2.06 bits per heavy atom. The average molecular weight is 244 g/mol.